The number of hydrogen-bond acceptors (Lipinski definition) is 7. The van der Waals surface area contributed by atoms with E-state index in [4.69, 9.17) is 37.4 Å². The molecule has 0 spiro atoms. The van der Waals surface area contributed by atoms with Crippen LogP contribution in [0.5, 0.6) is 23.1 Å². The third-order valence-corrected chi connectivity index (χ3v) is 6.87. The van der Waals surface area contributed by atoms with E-state index in [1.54, 1.807) is 18.2 Å². The first-order chi connectivity index (χ1) is 18.3. The number of ketones is 1. The number of benzene rings is 2. The number of nitriles is 1. The van der Waals surface area contributed by atoms with Crippen molar-refractivity contribution in [3.05, 3.63) is 78.5 Å². The monoisotopic (exact) mass is 556 g/mol. The zero-order valence-electron chi connectivity index (χ0n) is 21.0. The smallest absolute Gasteiger partial charge is 0.271 e. The Bertz CT molecular complexity index is 1470. The molecule has 2 aromatic carbocycles. The zero-order valence-corrected chi connectivity index (χ0v) is 22.5. The number of halogens is 2. The Hall–Kier alpha value is -3.67. The summed E-state index contributed by atoms with van der Waals surface area (Å²) >= 11 is 12.8. The molecular weight excluding hydrogens is 531 g/mol. The second kappa shape index (κ2) is 11.8. The molecule has 8 nitrogen and oxygen atoms in total. The zero-order chi connectivity index (χ0) is 27.4. The van der Waals surface area contributed by atoms with Gasteiger partial charge in [-0.05, 0) is 48.7 Å². The molecule has 3 aromatic rings. The summed E-state index contributed by atoms with van der Waals surface area (Å²) in [7, 11) is 0. The Morgan fingerprint density at radius 2 is 1.84 bits per heavy atom. The lowest BCUT2D eigenvalue weighted by atomic mass is 9.97. The molecular formula is C28H26Cl2N2O6. The van der Waals surface area contributed by atoms with Crippen LogP contribution in [0.4, 0.5) is 0 Å². The predicted molar refractivity (Wildman–Crippen MR) is 143 cm³/mol. The third-order valence-electron chi connectivity index (χ3n) is 6.31. The van der Waals surface area contributed by atoms with E-state index in [9.17, 15) is 20.0 Å². The van der Waals surface area contributed by atoms with Crippen molar-refractivity contribution in [2.45, 2.75) is 46.1 Å². The molecule has 1 aliphatic rings. The highest BCUT2D eigenvalue weighted by Crippen LogP contribution is 2.37. The van der Waals surface area contributed by atoms with Gasteiger partial charge in [0, 0.05) is 5.56 Å². The summed E-state index contributed by atoms with van der Waals surface area (Å²) in [5, 5.41) is 21.1. The van der Waals surface area contributed by atoms with Crippen LogP contribution >= 0.6 is 23.2 Å². The summed E-state index contributed by atoms with van der Waals surface area (Å²) in [4.78, 5) is 26.7. The van der Waals surface area contributed by atoms with Crippen molar-refractivity contribution < 1.29 is 24.1 Å². The molecule has 10 heteroatoms. The number of hydrogen-bond donors (Lipinski definition) is 1. The molecule has 0 atom stereocenters. The number of unbranched alkanes of at least 4 members (excludes halogenated alkanes) is 3. The van der Waals surface area contributed by atoms with Gasteiger partial charge in [0.25, 0.3) is 5.56 Å². The minimum absolute atomic E-state index is 0.0606. The van der Waals surface area contributed by atoms with Crippen molar-refractivity contribution in [3.63, 3.8) is 0 Å². The minimum atomic E-state index is -0.723. The molecule has 38 heavy (non-hydrogen) atoms. The Morgan fingerprint density at radius 3 is 2.53 bits per heavy atom. The molecule has 4 rings (SSSR count). The van der Waals surface area contributed by atoms with E-state index in [1.807, 2.05) is 6.07 Å². The van der Waals surface area contributed by atoms with Crippen molar-refractivity contribution in [2.75, 3.05) is 13.4 Å². The van der Waals surface area contributed by atoms with Crippen LogP contribution in [0.25, 0.3) is 0 Å². The first-order valence-corrected chi connectivity index (χ1v) is 12.9. The average molecular weight is 557 g/mol. The largest absolute Gasteiger partial charge is 0.494 e. The number of nitrogens with zero attached hydrogens (tertiary/aromatic N) is 2. The van der Waals surface area contributed by atoms with Crippen LogP contribution in [0.15, 0.2) is 35.1 Å². The van der Waals surface area contributed by atoms with Crippen molar-refractivity contribution in [1.82, 2.24) is 4.57 Å². The molecule has 0 aliphatic carbocycles. The molecule has 0 radical (unpaired) electrons. The third kappa shape index (κ3) is 5.45. The maximum Gasteiger partial charge on any atom is 0.271 e. The Balaban J connectivity index is 1.69. The Kier molecular flexibility index (Phi) is 8.50. The molecule has 1 aromatic heterocycles. The van der Waals surface area contributed by atoms with Crippen molar-refractivity contribution in [2.24, 2.45) is 0 Å². The molecule has 0 bridgehead atoms. The summed E-state index contributed by atoms with van der Waals surface area (Å²) < 4.78 is 17.4. The Morgan fingerprint density at radius 1 is 1.13 bits per heavy atom. The maximum absolute atomic E-state index is 13.6. The first kappa shape index (κ1) is 27.4. The van der Waals surface area contributed by atoms with E-state index < -0.39 is 17.2 Å². The van der Waals surface area contributed by atoms with E-state index in [-0.39, 0.29) is 51.4 Å². The molecule has 0 amide bonds. The van der Waals surface area contributed by atoms with Gasteiger partial charge in [-0.3, -0.25) is 14.2 Å². The van der Waals surface area contributed by atoms with Gasteiger partial charge in [0.05, 0.1) is 28.8 Å². The molecule has 1 aliphatic heterocycles. The molecule has 198 valence electrons. The standard InChI is InChI=1S/C28H26Cl2N2O6/c1-3-4-5-6-9-36-26-20(29)11-18(12-21(26)30)25(33)24-16(2)19(13-31)27(34)32(28(24)35)14-17-7-8-22-23(10-17)38-15-37-22/h7-8,10-12,35H,3-6,9,14-15H2,1-2H3. The number of aromatic hydroxyl groups is 1. The fourth-order valence-corrected chi connectivity index (χ4v) is 4.86. The van der Waals surface area contributed by atoms with E-state index >= 15 is 0 Å². The average Bonchev–Trinajstić information content (AvgIpc) is 3.36. The molecule has 0 saturated heterocycles. The van der Waals surface area contributed by atoms with Crippen molar-refractivity contribution in [3.8, 4) is 29.2 Å². The van der Waals surface area contributed by atoms with E-state index in [1.165, 1.54) is 19.1 Å². The number of aromatic nitrogens is 1. The van der Waals surface area contributed by atoms with E-state index in [0.29, 0.717) is 23.7 Å². The molecule has 0 saturated carbocycles. The normalized spacial score (nSPS) is 11.9. The van der Waals surface area contributed by atoms with Gasteiger partial charge < -0.3 is 19.3 Å². The minimum Gasteiger partial charge on any atom is -0.494 e. The number of carbonyl (C=O) groups excluding carboxylic acids is 1. The molecule has 0 unspecified atom stereocenters. The van der Waals surface area contributed by atoms with Crippen LogP contribution in [0.1, 0.15) is 65.2 Å². The summed E-state index contributed by atoms with van der Waals surface area (Å²) in [6.07, 6.45) is 4.06. The van der Waals surface area contributed by atoms with Gasteiger partial charge in [0.15, 0.2) is 23.0 Å². The summed E-state index contributed by atoms with van der Waals surface area (Å²) in [6.45, 7) is 3.97. The number of carbonyl (C=O) groups is 1. The number of rotatable bonds is 10. The topological polar surface area (TPSA) is 111 Å². The fraction of sp³-hybridized carbons (Fsp3) is 0.321. The highest BCUT2D eigenvalue weighted by atomic mass is 35.5. The van der Waals surface area contributed by atoms with Crippen LogP contribution in [-0.2, 0) is 6.54 Å². The number of pyridine rings is 1. The first-order valence-electron chi connectivity index (χ1n) is 12.2. The van der Waals surface area contributed by atoms with Crippen LogP contribution in [0.2, 0.25) is 10.0 Å². The molecule has 0 fully saturated rings. The second-order valence-electron chi connectivity index (χ2n) is 8.90. The molecule has 2 heterocycles. The van der Waals surface area contributed by atoms with Crippen molar-refractivity contribution in [1.29, 1.82) is 5.26 Å². The maximum atomic E-state index is 13.6. The van der Waals surface area contributed by atoms with Gasteiger partial charge in [0.1, 0.15) is 11.6 Å². The van der Waals surface area contributed by atoms with Crippen LogP contribution in [0, 0.1) is 18.3 Å². The number of fused-ring (bicyclic) bond motifs is 1. The lowest BCUT2D eigenvalue weighted by Gasteiger charge is -2.17. The summed E-state index contributed by atoms with van der Waals surface area (Å²) in [5.41, 5.74) is -0.429. The Labute approximate surface area is 229 Å². The van der Waals surface area contributed by atoms with Gasteiger partial charge >= 0.3 is 0 Å². The van der Waals surface area contributed by atoms with Crippen LogP contribution in [0.3, 0.4) is 0 Å². The van der Waals surface area contributed by atoms with Gasteiger partial charge in [0.2, 0.25) is 12.7 Å². The highest BCUT2D eigenvalue weighted by Gasteiger charge is 2.26. The van der Waals surface area contributed by atoms with E-state index in [0.717, 1.165) is 30.3 Å². The van der Waals surface area contributed by atoms with Gasteiger partial charge in [-0.15, -0.1) is 0 Å². The lowest BCUT2D eigenvalue weighted by molar-refractivity contribution is 0.103. The predicted octanol–water partition coefficient (Wildman–Crippen LogP) is 6.01. The quantitative estimate of drug-likeness (QED) is 0.240. The van der Waals surface area contributed by atoms with Crippen LogP contribution < -0.4 is 19.8 Å². The van der Waals surface area contributed by atoms with Crippen LogP contribution in [-0.4, -0.2) is 28.9 Å². The second-order valence-corrected chi connectivity index (χ2v) is 9.71. The van der Waals surface area contributed by atoms with Gasteiger partial charge in [-0.1, -0.05) is 55.5 Å². The van der Waals surface area contributed by atoms with Gasteiger partial charge in [-0.2, -0.15) is 5.26 Å². The summed E-state index contributed by atoms with van der Waals surface area (Å²) in [6, 6.07) is 9.71. The lowest BCUT2D eigenvalue weighted by Crippen LogP contribution is -2.27. The van der Waals surface area contributed by atoms with Crippen molar-refractivity contribution >= 4 is 29.0 Å². The number of ether oxygens (including phenoxy) is 3. The SMILES string of the molecule is CCCCCCOc1c(Cl)cc(C(=O)c2c(C)c(C#N)c(=O)n(Cc3ccc4c(c3)OCO4)c2O)cc1Cl. The van der Waals surface area contributed by atoms with E-state index in [2.05, 4.69) is 6.92 Å². The highest BCUT2D eigenvalue weighted by molar-refractivity contribution is 6.38. The fourth-order valence-electron chi connectivity index (χ4n) is 4.27. The van der Waals surface area contributed by atoms with Gasteiger partial charge in [-0.25, -0.2) is 0 Å². The molecule has 1 N–H and O–H groups in total. The summed E-state index contributed by atoms with van der Waals surface area (Å²) in [5.74, 6) is 0.112.